The van der Waals surface area contributed by atoms with Crippen LogP contribution in [0.25, 0.3) is 0 Å². The van der Waals surface area contributed by atoms with E-state index in [9.17, 15) is 8.78 Å². The first-order valence-electron chi connectivity index (χ1n) is 5.09. The summed E-state index contributed by atoms with van der Waals surface area (Å²) in [4.78, 5) is 0. The molecule has 0 bridgehead atoms. The largest absolute Gasteiger partial charge is 0.435 e. The van der Waals surface area contributed by atoms with Gasteiger partial charge in [-0.3, -0.25) is 0 Å². The lowest BCUT2D eigenvalue weighted by molar-refractivity contribution is -0.0498. The van der Waals surface area contributed by atoms with Crippen LogP contribution in [0.4, 0.5) is 14.5 Å². The van der Waals surface area contributed by atoms with Crippen molar-refractivity contribution in [2.24, 2.45) is 0 Å². The number of ether oxygens (including phenoxy) is 2. The molecule has 0 aliphatic heterocycles. The molecule has 3 nitrogen and oxygen atoms in total. The van der Waals surface area contributed by atoms with Crippen LogP contribution in [0.15, 0.2) is 24.3 Å². The smallest absolute Gasteiger partial charge is 0.387 e. The summed E-state index contributed by atoms with van der Waals surface area (Å²) >= 11 is 0. The molecular formula is C11H15F2NO2. The Morgan fingerprint density at radius 3 is 2.50 bits per heavy atom. The predicted molar refractivity (Wildman–Crippen MR) is 58.1 cm³/mol. The van der Waals surface area contributed by atoms with Gasteiger partial charge >= 0.3 is 6.61 Å². The molecule has 0 spiro atoms. The maximum atomic E-state index is 11.9. The van der Waals surface area contributed by atoms with Crippen molar-refractivity contribution in [2.45, 2.75) is 13.5 Å². The summed E-state index contributed by atoms with van der Waals surface area (Å²) in [5, 5.41) is 3.09. The van der Waals surface area contributed by atoms with E-state index in [0.717, 1.165) is 5.69 Å². The molecule has 0 unspecified atom stereocenters. The van der Waals surface area contributed by atoms with Gasteiger partial charge in [0.15, 0.2) is 0 Å². The predicted octanol–water partition coefficient (Wildman–Crippen LogP) is 2.74. The van der Waals surface area contributed by atoms with Crippen molar-refractivity contribution in [3.8, 4) is 5.75 Å². The average molecular weight is 231 g/mol. The van der Waals surface area contributed by atoms with Crippen molar-refractivity contribution in [2.75, 3.05) is 25.1 Å². The zero-order chi connectivity index (χ0) is 11.8. The molecule has 1 aromatic carbocycles. The van der Waals surface area contributed by atoms with E-state index in [2.05, 4.69) is 10.1 Å². The highest BCUT2D eigenvalue weighted by atomic mass is 19.3. The fraction of sp³-hybridized carbons (Fsp3) is 0.455. The second kappa shape index (κ2) is 7.00. The summed E-state index contributed by atoms with van der Waals surface area (Å²) in [7, 11) is 0. The van der Waals surface area contributed by atoms with Crippen LogP contribution in [0.2, 0.25) is 0 Å². The number of halogens is 2. The maximum Gasteiger partial charge on any atom is 0.387 e. The Morgan fingerprint density at radius 1 is 1.25 bits per heavy atom. The molecule has 0 atom stereocenters. The molecule has 1 aromatic rings. The van der Waals surface area contributed by atoms with Gasteiger partial charge in [0.05, 0.1) is 6.61 Å². The molecular weight excluding hydrogens is 216 g/mol. The molecule has 1 N–H and O–H groups in total. The SMILES string of the molecule is CCOCCNc1ccc(OC(F)F)cc1. The van der Waals surface area contributed by atoms with Gasteiger partial charge in [0.25, 0.3) is 0 Å². The van der Waals surface area contributed by atoms with Gasteiger partial charge in [0.2, 0.25) is 0 Å². The third-order valence-electron chi connectivity index (χ3n) is 1.86. The van der Waals surface area contributed by atoms with E-state index in [1.165, 1.54) is 12.1 Å². The molecule has 0 amide bonds. The quantitative estimate of drug-likeness (QED) is 0.732. The minimum absolute atomic E-state index is 0.158. The number of hydrogen-bond acceptors (Lipinski definition) is 3. The number of hydrogen-bond donors (Lipinski definition) is 1. The first-order valence-corrected chi connectivity index (χ1v) is 5.09. The first-order chi connectivity index (χ1) is 7.72. The highest BCUT2D eigenvalue weighted by Gasteiger charge is 2.03. The third kappa shape index (κ3) is 4.93. The Labute approximate surface area is 93.4 Å². The fourth-order valence-corrected chi connectivity index (χ4v) is 1.17. The summed E-state index contributed by atoms with van der Waals surface area (Å²) in [5.74, 6) is 0.158. The van der Waals surface area contributed by atoms with E-state index in [0.29, 0.717) is 19.8 Å². The number of nitrogens with one attached hydrogen (secondary N) is 1. The van der Waals surface area contributed by atoms with Crippen LogP contribution in [-0.2, 0) is 4.74 Å². The Balaban J connectivity index is 2.33. The summed E-state index contributed by atoms with van der Waals surface area (Å²) in [5.41, 5.74) is 0.848. The van der Waals surface area contributed by atoms with E-state index in [4.69, 9.17) is 4.74 Å². The summed E-state index contributed by atoms with van der Waals surface area (Å²) in [6.07, 6.45) is 0. The van der Waals surface area contributed by atoms with Gasteiger partial charge in [-0.25, -0.2) is 0 Å². The van der Waals surface area contributed by atoms with Crippen molar-refractivity contribution in [3.63, 3.8) is 0 Å². The molecule has 0 saturated carbocycles. The lowest BCUT2D eigenvalue weighted by atomic mass is 10.3. The Bertz CT molecular complexity index is 291. The zero-order valence-corrected chi connectivity index (χ0v) is 9.08. The van der Waals surface area contributed by atoms with Crippen molar-refractivity contribution < 1.29 is 18.3 Å². The van der Waals surface area contributed by atoms with Crippen LogP contribution >= 0.6 is 0 Å². The van der Waals surface area contributed by atoms with Gasteiger partial charge in [0.1, 0.15) is 5.75 Å². The molecule has 0 heterocycles. The molecule has 0 aliphatic rings. The third-order valence-corrected chi connectivity index (χ3v) is 1.86. The summed E-state index contributed by atoms with van der Waals surface area (Å²) in [6.45, 7) is 1.13. The zero-order valence-electron chi connectivity index (χ0n) is 9.08. The van der Waals surface area contributed by atoms with E-state index >= 15 is 0 Å². The van der Waals surface area contributed by atoms with Crippen molar-refractivity contribution in [1.29, 1.82) is 0 Å². The molecule has 16 heavy (non-hydrogen) atoms. The van der Waals surface area contributed by atoms with Crippen LogP contribution in [0.3, 0.4) is 0 Å². The lowest BCUT2D eigenvalue weighted by Crippen LogP contribution is -2.09. The molecule has 90 valence electrons. The van der Waals surface area contributed by atoms with Crippen molar-refractivity contribution >= 4 is 5.69 Å². The van der Waals surface area contributed by atoms with Crippen molar-refractivity contribution in [1.82, 2.24) is 0 Å². The molecule has 0 aliphatic carbocycles. The molecule has 0 saturated heterocycles. The van der Waals surface area contributed by atoms with Crippen LogP contribution in [0.1, 0.15) is 6.92 Å². The number of benzene rings is 1. The number of alkyl halides is 2. The van der Waals surface area contributed by atoms with Gasteiger partial charge < -0.3 is 14.8 Å². The first kappa shape index (κ1) is 12.7. The minimum atomic E-state index is -2.78. The van der Waals surface area contributed by atoms with Crippen LogP contribution in [0, 0.1) is 0 Å². The van der Waals surface area contributed by atoms with Crippen LogP contribution in [-0.4, -0.2) is 26.4 Å². The molecule has 0 radical (unpaired) electrons. The second-order valence-electron chi connectivity index (χ2n) is 3.03. The van der Waals surface area contributed by atoms with Gasteiger partial charge in [-0.1, -0.05) is 0 Å². The fourth-order valence-electron chi connectivity index (χ4n) is 1.17. The highest BCUT2D eigenvalue weighted by molar-refractivity contribution is 5.46. The topological polar surface area (TPSA) is 30.5 Å². The Kier molecular flexibility index (Phi) is 5.56. The minimum Gasteiger partial charge on any atom is -0.435 e. The lowest BCUT2D eigenvalue weighted by Gasteiger charge is -2.08. The van der Waals surface area contributed by atoms with E-state index < -0.39 is 6.61 Å². The number of anilines is 1. The van der Waals surface area contributed by atoms with Gasteiger partial charge in [-0.2, -0.15) is 8.78 Å². The van der Waals surface area contributed by atoms with Crippen LogP contribution in [0.5, 0.6) is 5.75 Å². The molecule has 1 rings (SSSR count). The van der Waals surface area contributed by atoms with Crippen LogP contribution < -0.4 is 10.1 Å². The Hall–Kier alpha value is -1.36. The maximum absolute atomic E-state index is 11.9. The second-order valence-corrected chi connectivity index (χ2v) is 3.03. The average Bonchev–Trinajstić information content (AvgIpc) is 2.26. The highest BCUT2D eigenvalue weighted by Crippen LogP contribution is 2.17. The molecule has 0 fully saturated rings. The van der Waals surface area contributed by atoms with Crippen molar-refractivity contribution in [3.05, 3.63) is 24.3 Å². The summed E-state index contributed by atoms with van der Waals surface area (Å²) < 4.78 is 33.1. The number of rotatable bonds is 7. The standard InChI is InChI=1S/C11H15F2NO2/c1-2-15-8-7-14-9-3-5-10(6-4-9)16-11(12)13/h3-6,11,14H,2,7-8H2,1H3. The van der Waals surface area contributed by atoms with E-state index in [1.807, 2.05) is 6.92 Å². The normalized spacial score (nSPS) is 10.5. The van der Waals surface area contributed by atoms with Gasteiger partial charge in [0, 0.05) is 18.8 Å². The van der Waals surface area contributed by atoms with E-state index in [-0.39, 0.29) is 5.75 Å². The summed E-state index contributed by atoms with van der Waals surface area (Å²) in [6, 6.07) is 6.36. The molecule has 0 aromatic heterocycles. The Morgan fingerprint density at radius 2 is 1.94 bits per heavy atom. The van der Waals surface area contributed by atoms with Gasteiger partial charge in [-0.05, 0) is 31.2 Å². The van der Waals surface area contributed by atoms with E-state index in [1.54, 1.807) is 12.1 Å². The van der Waals surface area contributed by atoms with Gasteiger partial charge in [-0.15, -0.1) is 0 Å². The molecule has 5 heteroatoms. The monoisotopic (exact) mass is 231 g/mol.